The number of aryl methyl sites for hydroxylation is 1. The summed E-state index contributed by atoms with van der Waals surface area (Å²) in [5.41, 5.74) is 3.23. The normalized spacial score (nSPS) is 16.7. The monoisotopic (exact) mass is 393 g/mol. The average molecular weight is 393 g/mol. The second-order valence-corrected chi connectivity index (χ2v) is 7.58. The van der Waals surface area contributed by atoms with Gasteiger partial charge in [-0.2, -0.15) is 0 Å². The summed E-state index contributed by atoms with van der Waals surface area (Å²) in [5.74, 6) is 0.395. The molecule has 0 spiro atoms. The van der Waals surface area contributed by atoms with Crippen LogP contribution in [0.1, 0.15) is 39.1 Å². The Morgan fingerprint density at radius 1 is 0.931 bits per heavy atom. The van der Waals surface area contributed by atoms with Gasteiger partial charge in [0, 0.05) is 26.2 Å². The molecule has 1 saturated heterocycles. The number of nitrogens with zero attached hydrogens (tertiary/aromatic N) is 2. The molecule has 2 heterocycles. The molecule has 2 aromatic carbocycles. The maximum Gasteiger partial charge on any atom is 0.259 e. The molecule has 0 aliphatic carbocycles. The van der Waals surface area contributed by atoms with Crippen molar-refractivity contribution >= 4 is 17.5 Å². The van der Waals surface area contributed by atoms with Gasteiger partial charge in [0.25, 0.3) is 11.8 Å². The molecule has 2 amide bonds. The number of imide groups is 1. The van der Waals surface area contributed by atoms with E-state index in [1.165, 1.54) is 5.69 Å². The summed E-state index contributed by atoms with van der Waals surface area (Å²) in [6.45, 7) is 5.12. The lowest BCUT2D eigenvalue weighted by molar-refractivity contribution is 0.0879. The van der Waals surface area contributed by atoms with Gasteiger partial charge in [0.15, 0.2) is 0 Å². The van der Waals surface area contributed by atoms with Gasteiger partial charge in [-0.1, -0.05) is 24.3 Å². The standard InChI is InChI=1S/C23H27N3O3/c1-29-20-11-3-2-10-19(20)26-15-13-25(14-16-26)12-5-4-7-17-8-6-9-18-21(17)23(28)24-22(18)27/h2-3,6,8-11H,4-5,7,12-16H2,1H3,(H,24,27,28). The van der Waals surface area contributed by atoms with E-state index in [0.717, 1.165) is 63.3 Å². The number of para-hydroxylation sites is 2. The molecule has 6 heteroatoms. The quantitative estimate of drug-likeness (QED) is 0.579. The largest absolute Gasteiger partial charge is 0.495 e. The van der Waals surface area contributed by atoms with Crippen LogP contribution in [0.25, 0.3) is 0 Å². The Balaban J connectivity index is 1.24. The predicted octanol–water partition coefficient (Wildman–Crippen LogP) is 2.72. The van der Waals surface area contributed by atoms with E-state index >= 15 is 0 Å². The lowest BCUT2D eigenvalue weighted by Gasteiger charge is -2.36. The van der Waals surface area contributed by atoms with E-state index in [1.807, 2.05) is 24.3 Å². The van der Waals surface area contributed by atoms with Crippen molar-refractivity contribution in [2.45, 2.75) is 19.3 Å². The van der Waals surface area contributed by atoms with E-state index < -0.39 is 0 Å². The molecule has 0 aromatic heterocycles. The van der Waals surface area contributed by atoms with Crippen LogP contribution in [0.4, 0.5) is 5.69 Å². The number of benzene rings is 2. The lowest BCUT2D eigenvalue weighted by atomic mass is 9.98. The first-order valence-corrected chi connectivity index (χ1v) is 10.3. The zero-order valence-electron chi connectivity index (χ0n) is 16.8. The number of carbonyl (C=O) groups is 2. The number of carbonyl (C=O) groups excluding carboxylic acids is 2. The number of piperazine rings is 1. The molecule has 1 N–H and O–H groups in total. The van der Waals surface area contributed by atoms with Gasteiger partial charge in [0.1, 0.15) is 5.75 Å². The van der Waals surface area contributed by atoms with E-state index in [9.17, 15) is 9.59 Å². The van der Waals surface area contributed by atoms with Crippen LogP contribution < -0.4 is 15.0 Å². The molecule has 4 rings (SSSR count). The van der Waals surface area contributed by atoms with Crippen molar-refractivity contribution in [3.8, 4) is 5.75 Å². The fourth-order valence-corrected chi connectivity index (χ4v) is 4.25. The zero-order valence-corrected chi connectivity index (χ0v) is 16.8. The van der Waals surface area contributed by atoms with Crippen LogP contribution in [0.15, 0.2) is 42.5 Å². The summed E-state index contributed by atoms with van der Waals surface area (Å²) >= 11 is 0. The number of hydrogen-bond donors (Lipinski definition) is 1. The molecule has 6 nitrogen and oxygen atoms in total. The summed E-state index contributed by atoms with van der Waals surface area (Å²) in [7, 11) is 1.72. The molecule has 0 bridgehead atoms. The SMILES string of the molecule is COc1ccccc1N1CCN(CCCCc2cccc3c2C(=O)NC3=O)CC1. The van der Waals surface area contributed by atoms with Crippen molar-refractivity contribution < 1.29 is 14.3 Å². The molecule has 2 aliphatic heterocycles. The van der Waals surface area contributed by atoms with Gasteiger partial charge in [0.2, 0.25) is 0 Å². The van der Waals surface area contributed by atoms with Gasteiger partial charge in [-0.05, 0) is 49.6 Å². The molecule has 2 aliphatic rings. The van der Waals surface area contributed by atoms with E-state index in [0.29, 0.717) is 11.1 Å². The predicted molar refractivity (Wildman–Crippen MR) is 113 cm³/mol. The van der Waals surface area contributed by atoms with Crippen molar-refractivity contribution in [1.29, 1.82) is 0 Å². The minimum absolute atomic E-state index is 0.256. The van der Waals surface area contributed by atoms with Crippen LogP contribution in [0.5, 0.6) is 5.75 Å². The first kappa shape index (κ1) is 19.5. The number of anilines is 1. The minimum Gasteiger partial charge on any atom is -0.495 e. The van der Waals surface area contributed by atoms with E-state index in [-0.39, 0.29) is 11.8 Å². The van der Waals surface area contributed by atoms with Crippen molar-refractivity contribution in [3.63, 3.8) is 0 Å². The van der Waals surface area contributed by atoms with E-state index in [2.05, 4.69) is 27.2 Å². The number of fused-ring (bicyclic) bond motifs is 1. The van der Waals surface area contributed by atoms with Gasteiger partial charge >= 0.3 is 0 Å². The zero-order chi connectivity index (χ0) is 20.2. The molecule has 0 saturated carbocycles. The third kappa shape index (κ3) is 4.12. The molecular formula is C23H27N3O3. The maximum atomic E-state index is 12.0. The van der Waals surface area contributed by atoms with Crippen LogP contribution in [-0.2, 0) is 6.42 Å². The summed E-state index contributed by atoms with van der Waals surface area (Å²) in [6.07, 6.45) is 2.91. The molecule has 2 aromatic rings. The van der Waals surface area contributed by atoms with Crippen molar-refractivity contribution in [2.75, 3.05) is 44.7 Å². The number of ether oxygens (including phenoxy) is 1. The number of rotatable bonds is 7. The summed E-state index contributed by atoms with van der Waals surface area (Å²) < 4.78 is 5.49. The van der Waals surface area contributed by atoms with Gasteiger partial charge in [-0.15, -0.1) is 0 Å². The lowest BCUT2D eigenvalue weighted by Crippen LogP contribution is -2.46. The van der Waals surface area contributed by atoms with Gasteiger partial charge < -0.3 is 9.64 Å². The van der Waals surface area contributed by atoms with Crippen LogP contribution in [0, 0.1) is 0 Å². The van der Waals surface area contributed by atoms with Crippen molar-refractivity contribution in [3.05, 3.63) is 59.2 Å². The van der Waals surface area contributed by atoms with E-state index in [4.69, 9.17) is 4.74 Å². The van der Waals surface area contributed by atoms with Gasteiger partial charge in [-0.3, -0.25) is 19.8 Å². The van der Waals surface area contributed by atoms with Crippen molar-refractivity contribution in [2.24, 2.45) is 0 Å². The first-order chi connectivity index (χ1) is 14.2. The Bertz CT molecular complexity index is 904. The Labute approximate surface area is 171 Å². The summed E-state index contributed by atoms with van der Waals surface area (Å²) in [6, 6.07) is 13.7. The fraction of sp³-hybridized carbons (Fsp3) is 0.391. The Morgan fingerprint density at radius 2 is 1.72 bits per heavy atom. The number of amides is 2. The third-order valence-corrected chi connectivity index (χ3v) is 5.82. The third-order valence-electron chi connectivity index (χ3n) is 5.82. The molecule has 0 radical (unpaired) electrons. The molecule has 29 heavy (non-hydrogen) atoms. The first-order valence-electron chi connectivity index (χ1n) is 10.3. The average Bonchev–Trinajstić information content (AvgIpc) is 3.06. The van der Waals surface area contributed by atoms with Gasteiger partial charge in [-0.25, -0.2) is 0 Å². The summed E-state index contributed by atoms with van der Waals surface area (Å²) in [4.78, 5) is 28.7. The maximum absolute atomic E-state index is 12.0. The molecule has 0 atom stereocenters. The Hall–Kier alpha value is -2.86. The number of nitrogens with one attached hydrogen (secondary N) is 1. The Morgan fingerprint density at radius 3 is 2.52 bits per heavy atom. The highest BCUT2D eigenvalue weighted by molar-refractivity contribution is 6.22. The highest BCUT2D eigenvalue weighted by atomic mass is 16.5. The molecule has 0 unspecified atom stereocenters. The number of methoxy groups -OCH3 is 1. The molecule has 1 fully saturated rings. The van der Waals surface area contributed by atoms with Gasteiger partial charge in [0.05, 0.1) is 23.9 Å². The van der Waals surface area contributed by atoms with Crippen LogP contribution in [0.2, 0.25) is 0 Å². The fourth-order valence-electron chi connectivity index (χ4n) is 4.25. The second-order valence-electron chi connectivity index (χ2n) is 7.58. The summed E-state index contributed by atoms with van der Waals surface area (Å²) in [5, 5.41) is 2.39. The Kier molecular flexibility index (Phi) is 5.81. The number of hydrogen-bond acceptors (Lipinski definition) is 5. The minimum atomic E-state index is -0.278. The highest BCUT2D eigenvalue weighted by Gasteiger charge is 2.28. The molecule has 152 valence electrons. The van der Waals surface area contributed by atoms with Crippen LogP contribution >= 0.6 is 0 Å². The highest BCUT2D eigenvalue weighted by Crippen LogP contribution is 2.28. The van der Waals surface area contributed by atoms with Crippen LogP contribution in [-0.4, -0.2) is 56.5 Å². The molecular weight excluding hydrogens is 366 g/mol. The number of unbranched alkanes of at least 4 members (excludes halogenated alkanes) is 1. The van der Waals surface area contributed by atoms with Crippen LogP contribution in [0.3, 0.4) is 0 Å². The second kappa shape index (κ2) is 8.66. The van der Waals surface area contributed by atoms with E-state index in [1.54, 1.807) is 13.2 Å². The van der Waals surface area contributed by atoms with Crippen molar-refractivity contribution in [1.82, 2.24) is 10.2 Å². The topological polar surface area (TPSA) is 61.9 Å². The smallest absolute Gasteiger partial charge is 0.259 e.